The Hall–Kier alpha value is -2.46. The molecule has 0 radical (unpaired) electrons. The van der Waals surface area contributed by atoms with Gasteiger partial charge in [0.1, 0.15) is 22.4 Å². The maximum Gasteiger partial charge on any atom is 0.246 e. The van der Waals surface area contributed by atoms with Crippen LogP contribution in [0.5, 0.6) is 0 Å². The lowest BCUT2D eigenvalue weighted by atomic mass is 9.85. The number of aryl methyl sites for hydroxylation is 2. The maximum absolute atomic E-state index is 13.6. The zero-order valence-electron chi connectivity index (χ0n) is 20.6. The molecule has 1 amide bonds. The van der Waals surface area contributed by atoms with E-state index in [0.29, 0.717) is 18.9 Å². The Morgan fingerprint density at radius 3 is 2.69 bits per heavy atom. The van der Waals surface area contributed by atoms with Crippen LogP contribution >= 0.6 is 0 Å². The lowest BCUT2D eigenvalue weighted by Crippen LogP contribution is -2.52. The molecule has 2 aromatic rings. The third-order valence-corrected chi connectivity index (χ3v) is 8.78. The quantitative estimate of drug-likeness (QED) is 0.538. The van der Waals surface area contributed by atoms with E-state index in [-0.39, 0.29) is 34.1 Å². The molecule has 8 nitrogen and oxygen atoms in total. The minimum atomic E-state index is -3.99. The molecule has 2 aliphatic rings. The number of sulfonamides is 1. The second kappa shape index (κ2) is 10.7. The molecule has 2 heterocycles. The van der Waals surface area contributed by atoms with E-state index in [9.17, 15) is 17.6 Å². The average molecular weight is 507 g/mol. The fourth-order valence-electron chi connectivity index (χ4n) is 5.42. The van der Waals surface area contributed by atoms with Gasteiger partial charge in [0, 0.05) is 24.8 Å². The molecular weight excluding hydrogens is 471 g/mol. The first-order valence-corrected chi connectivity index (χ1v) is 13.9. The highest BCUT2D eigenvalue weighted by atomic mass is 32.2. The Morgan fingerprint density at radius 2 is 2.00 bits per heavy atom. The Kier molecular flexibility index (Phi) is 7.80. The van der Waals surface area contributed by atoms with Gasteiger partial charge in [-0.1, -0.05) is 37.3 Å². The van der Waals surface area contributed by atoms with Crippen LogP contribution in [0, 0.1) is 25.6 Å². The maximum atomic E-state index is 13.6. The number of rotatable bonds is 9. The van der Waals surface area contributed by atoms with Gasteiger partial charge in [-0.3, -0.25) is 4.79 Å². The summed E-state index contributed by atoms with van der Waals surface area (Å²) in [6, 6.07) is 3.66. The topological polar surface area (TPSA) is 105 Å². The van der Waals surface area contributed by atoms with Crippen molar-refractivity contribution in [2.45, 2.75) is 82.7 Å². The Morgan fingerprint density at radius 1 is 1.26 bits per heavy atom. The van der Waals surface area contributed by atoms with Crippen LogP contribution in [0.1, 0.15) is 62.5 Å². The summed E-state index contributed by atoms with van der Waals surface area (Å²) in [7, 11) is -3.99. The van der Waals surface area contributed by atoms with Gasteiger partial charge in [0.2, 0.25) is 15.9 Å². The van der Waals surface area contributed by atoms with Crippen LogP contribution in [0.4, 0.5) is 10.1 Å². The van der Waals surface area contributed by atoms with Gasteiger partial charge in [-0.15, -0.1) is 0 Å². The predicted molar refractivity (Wildman–Crippen MR) is 131 cm³/mol. The molecule has 192 valence electrons. The van der Waals surface area contributed by atoms with E-state index < -0.39 is 16.1 Å². The molecule has 4 rings (SSSR count). The minimum absolute atomic E-state index is 0.00658. The van der Waals surface area contributed by atoms with Crippen LogP contribution in [0.15, 0.2) is 27.6 Å². The van der Waals surface area contributed by atoms with E-state index in [0.717, 1.165) is 49.9 Å². The number of fused-ring (bicyclic) bond motifs is 1. The number of halogens is 1. The highest BCUT2D eigenvalue weighted by molar-refractivity contribution is 7.89. The highest BCUT2D eigenvalue weighted by Crippen LogP contribution is 2.30. The highest BCUT2D eigenvalue weighted by Gasteiger charge is 2.33. The summed E-state index contributed by atoms with van der Waals surface area (Å²) in [6.45, 7) is 6.33. The molecule has 0 saturated heterocycles. The van der Waals surface area contributed by atoms with Crippen LogP contribution in [0.3, 0.4) is 0 Å². The first kappa shape index (κ1) is 25.6. The normalized spacial score (nSPS) is 18.3. The zero-order chi connectivity index (χ0) is 25.2. The molecule has 10 heteroatoms. The summed E-state index contributed by atoms with van der Waals surface area (Å²) < 4.78 is 47.6. The summed E-state index contributed by atoms with van der Waals surface area (Å²) in [6.07, 6.45) is 6.57. The van der Waals surface area contributed by atoms with Gasteiger partial charge in [0.25, 0.3) is 0 Å². The van der Waals surface area contributed by atoms with Crippen molar-refractivity contribution in [3.05, 3.63) is 41.0 Å². The summed E-state index contributed by atoms with van der Waals surface area (Å²) in [5.41, 5.74) is 2.21. The van der Waals surface area contributed by atoms with Crippen molar-refractivity contribution < 1.29 is 22.1 Å². The van der Waals surface area contributed by atoms with Crippen molar-refractivity contribution in [1.82, 2.24) is 15.2 Å². The van der Waals surface area contributed by atoms with Crippen molar-refractivity contribution >= 4 is 21.6 Å². The average Bonchev–Trinajstić information content (AvgIpc) is 3.35. The van der Waals surface area contributed by atoms with Crippen molar-refractivity contribution in [3.63, 3.8) is 0 Å². The number of nitrogens with zero attached hydrogens (tertiary/aromatic N) is 2. The van der Waals surface area contributed by atoms with E-state index in [4.69, 9.17) is 4.52 Å². The molecule has 1 aromatic heterocycles. The third kappa shape index (κ3) is 6.03. The van der Waals surface area contributed by atoms with Crippen molar-refractivity contribution in [1.29, 1.82) is 0 Å². The number of anilines is 1. The first-order chi connectivity index (χ1) is 16.6. The number of carbonyl (C=O) groups is 1. The van der Waals surface area contributed by atoms with Gasteiger partial charge >= 0.3 is 0 Å². The van der Waals surface area contributed by atoms with E-state index in [1.807, 2.05) is 6.92 Å². The molecule has 1 aromatic carbocycles. The number of amides is 1. The van der Waals surface area contributed by atoms with E-state index in [1.54, 1.807) is 26.0 Å². The minimum Gasteiger partial charge on any atom is -0.369 e. The molecule has 2 N–H and O–H groups in total. The molecule has 1 fully saturated rings. The molecule has 1 saturated carbocycles. The molecule has 1 aliphatic heterocycles. The number of nitrogens with one attached hydrogen (secondary N) is 2. The van der Waals surface area contributed by atoms with Gasteiger partial charge in [-0.2, -0.15) is 4.72 Å². The van der Waals surface area contributed by atoms with Gasteiger partial charge < -0.3 is 14.7 Å². The number of carbonyl (C=O) groups excluding carboxylic acids is 1. The van der Waals surface area contributed by atoms with E-state index >= 15 is 0 Å². The van der Waals surface area contributed by atoms with Crippen LogP contribution in [-0.2, 0) is 21.2 Å². The molecule has 2 atom stereocenters. The predicted octanol–water partition coefficient (Wildman–Crippen LogP) is 3.62. The number of hydrogen-bond acceptors (Lipinski definition) is 6. The standard InChI is InChI=1S/C25H35FN4O4S/c1-16(15-30-12-11-20-14-21(26)9-10-23(20)30)27-25(31)22(13-19-7-5-4-6-8-19)29-35(32,33)24-17(2)28-34-18(24)3/h9-10,14,16,19,22,29H,4-8,11-13,15H2,1-3H3,(H,27,31)/t16?,22-/m0/s1. The molecule has 1 aliphatic carbocycles. The fourth-order valence-corrected chi connectivity index (χ4v) is 6.95. The van der Waals surface area contributed by atoms with Gasteiger partial charge in [-0.25, -0.2) is 12.8 Å². The third-order valence-electron chi connectivity index (χ3n) is 7.06. The van der Waals surface area contributed by atoms with Crippen LogP contribution in [-0.4, -0.2) is 44.7 Å². The number of hydrogen-bond donors (Lipinski definition) is 2. The molecular formula is C25H35FN4O4S. The van der Waals surface area contributed by atoms with Gasteiger partial charge in [0.05, 0.1) is 0 Å². The second-order valence-electron chi connectivity index (χ2n) is 9.95. The van der Waals surface area contributed by atoms with Crippen LogP contribution < -0.4 is 14.9 Å². The first-order valence-electron chi connectivity index (χ1n) is 12.4. The smallest absolute Gasteiger partial charge is 0.246 e. The molecule has 1 unspecified atom stereocenters. The SMILES string of the molecule is Cc1noc(C)c1S(=O)(=O)N[C@@H](CC1CCCCC1)C(=O)NC(C)CN1CCc2cc(F)ccc21. The van der Waals surface area contributed by atoms with Crippen molar-refractivity contribution in [2.24, 2.45) is 5.92 Å². The number of benzene rings is 1. The summed E-state index contributed by atoms with van der Waals surface area (Å²) in [4.78, 5) is 15.5. The van der Waals surface area contributed by atoms with Gasteiger partial charge in [0.15, 0.2) is 5.76 Å². The van der Waals surface area contributed by atoms with E-state index in [1.165, 1.54) is 12.5 Å². The largest absolute Gasteiger partial charge is 0.369 e. The Balaban J connectivity index is 1.46. The lowest BCUT2D eigenvalue weighted by molar-refractivity contribution is -0.123. The summed E-state index contributed by atoms with van der Waals surface area (Å²) in [5.74, 6) is -0.0909. The van der Waals surface area contributed by atoms with Crippen LogP contribution in [0.25, 0.3) is 0 Å². The number of aromatic nitrogens is 1. The molecule has 0 bridgehead atoms. The van der Waals surface area contributed by atoms with Crippen molar-refractivity contribution in [3.8, 4) is 0 Å². The summed E-state index contributed by atoms with van der Waals surface area (Å²) in [5, 5.41) is 6.77. The zero-order valence-corrected chi connectivity index (χ0v) is 21.5. The van der Waals surface area contributed by atoms with Crippen molar-refractivity contribution in [2.75, 3.05) is 18.0 Å². The Bertz CT molecular complexity index is 1140. The molecule has 35 heavy (non-hydrogen) atoms. The monoisotopic (exact) mass is 506 g/mol. The fraction of sp³-hybridized carbons (Fsp3) is 0.600. The lowest BCUT2D eigenvalue weighted by Gasteiger charge is -2.29. The van der Waals surface area contributed by atoms with Crippen LogP contribution in [0.2, 0.25) is 0 Å². The molecule has 0 spiro atoms. The Labute approximate surface area is 206 Å². The van der Waals surface area contributed by atoms with E-state index in [2.05, 4.69) is 20.1 Å². The second-order valence-corrected chi connectivity index (χ2v) is 11.6. The van der Waals surface area contributed by atoms with Gasteiger partial charge in [-0.05, 0) is 63.3 Å². The summed E-state index contributed by atoms with van der Waals surface area (Å²) >= 11 is 0.